The predicted molar refractivity (Wildman–Crippen MR) is 89.5 cm³/mol. The number of ether oxygens (including phenoxy) is 2. The average molecular weight is 348 g/mol. The molecule has 0 amide bonds. The van der Waals surface area contributed by atoms with E-state index < -0.39 is 23.5 Å². The van der Waals surface area contributed by atoms with Crippen molar-refractivity contribution in [2.75, 3.05) is 13.2 Å². The number of nitrogens with zero attached hydrogens (tertiary/aromatic N) is 4. The van der Waals surface area contributed by atoms with Crippen LogP contribution in [-0.4, -0.2) is 55.3 Å². The third-order valence-corrected chi connectivity index (χ3v) is 4.18. The van der Waals surface area contributed by atoms with Gasteiger partial charge in [0, 0.05) is 11.8 Å². The summed E-state index contributed by atoms with van der Waals surface area (Å²) in [7, 11) is 0. The number of pyridine rings is 1. The van der Waals surface area contributed by atoms with Crippen LogP contribution in [0.3, 0.4) is 0 Å². The fraction of sp³-hybridized carbons (Fsp3) is 0.588. The molecular weight excluding hydrogens is 324 g/mol. The summed E-state index contributed by atoms with van der Waals surface area (Å²) in [4.78, 5) is 4.19. The summed E-state index contributed by atoms with van der Waals surface area (Å²) < 4.78 is 12.8. The molecule has 0 spiro atoms. The number of rotatable bonds is 3. The van der Waals surface area contributed by atoms with Crippen LogP contribution in [0.15, 0.2) is 24.5 Å². The zero-order valence-corrected chi connectivity index (χ0v) is 14.9. The van der Waals surface area contributed by atoms with E-state index in [4.69, 9.17) is 9.47 Å². The highest BCUT2D eigenvalue weighted by Crippen LogP contribution is 2.26. The molecule has 0 saturated carbocycles. The molecule has 1 aliphatic heterocycles. The normalized spacial score (nSPS) is 24.1. The van der Waals surface area contributed by atoms with Gasteiger partial charge in [-0.05, 0) is 39.8 Å². The van der Waals surface area contributed by atoms with Crippen LogP contribution in [0.5, 0.6) is 0 Å². The van der Waals surface area contributed by atoms with Crippen LogP contribution in [0, 0.1) is 0 Å². The molecule has 0 radical (unpaired) electrons. The van der Waals surface area contributed by atoms with E-state index >= 15 is 0 Å². The van der Waals surface area contributed by atoms with Gasteiger partial charge in [-0.2, -0.15) is 0 Å². The minimum Gasteiger partial charge on any atom is -0.388 e. The molecule has 8 heteroatoms. The smallest absolute Gasteiger partial charge is 0.162 e. The molecule has 0 unspecified atom stereocenters. The Labute approximate surface area is 146 Å². The Balaban J connectivity index is 1.85. The summed E-state index contributed by atoms with van der Waals surface area (Å²) in [6, 6.07) is 3.19. The Bertz CT molecular complexity index is 738. The van der Waals surface area contributed by atoms with Gasteiger partial charge in [-0.3, -0.25) is 4.98 Å². The Kier molecular flexibility index (Phi) is 4.63. The van der Waals surface area contributed by atoms with Gasteiger partial charge in [0.1, 0.15) is 23.4 Å². The molecule has 8 nitrogen and oxygen atoms in total. The van der Waals surface area contributed by atoms with Crippen molar-refractivity contribution >= 4 is 0 Å². The van der Waals surface area contributed by atoms with E-state index in [-0.39, 0.29) is 13.2 Å². The van der Waals surface area contributed by atoms with E-state index in [0.29, 0.717) is 11.4 Å². The van der Waals surface area contributed by atoms with E-state index in [9.17, 15) is 10.2 Å². The first kappa shape index (κ1) is 17.9. The van der Waals surface area contributed by atoms with Crippen LogP contribution < -0.4 is 0 Å². The third-order valence-electron chi connectivity index (χ3n) is 4.18. The van der Waals surface area contributed by atoms with Gasteiger partial charge in [-0.1, -0.05) is 5.21 Å². The van der Waals surface area contributed by atoms with Crippen molar-refractivity contribution in [3.05, 3.63) is 30.2 Å². The molecule has 0 aromatic carbocycles. The minimum atomic E-state index is -1.04. The molecule has 2 aromatic heterocycles. The van der Waals surface area contributed by atoms with Gasteiger partial charge >= 0.3 is 0 Å². The molecule has 2 aromatic rings. The van der Waals surface area contributed by atoms with E-state index in [2.05, 4.69) is 15.3 Å². The number of hydrogen-bond donors (Lipinski definition) is 2. The second-order valence-electron chi connectivity index (χ2n) is 7.23. The van der Waals surface area contributed by atoms with Crippen LogP contribution >= 0.6 is 0 Å². The van der Waals surface area contributed by atoms with Crippen molar-refractivity contribution in [3.8, 4) is 11.3 Å². The van der Waals surface area contributed by atoms with E-state index in [1.54, 1.807) is 43.1 Å². The van der Waals surface area contributed by atoms with Gasteiger partial charge in [-0.15, -0.1) is 5.10 Å². The lowest BCUT2D eigenvalue weighted by molar-refractivity contribution is -0.204. The first-order valence-corrected chi connectivity index (χ1v) is 8.23. The number of aliphatic hydroxyl groups excluding tert-OH is 1. The lowest BCUT2D eigenvalue weighted by Gasteiger charge is -2.22. The van der Waals surface area contributed by atoms with E-state index in [0.717, 1.165) is 5.56 Å². The maximum absolute atomic E-state index is 10.3. The van der Waals surface area contributed by atoms with Crippen LogP contribution in [-0.2, 0) is 15.1 Å². The van der Waals surface area contributed by atoms with Crippen molar-refractivity contribution in [3.63, 3.8) is 0 Å². The summed E-state index contributed by atoms with van der Waals surface area (Å²) in [5, 5.41) is 28.8. The van der Waals surface area contributed by atoms with Crippen molar-refractivity contribution in [2.45, 2.75) is 51.2 Å². The van der Waals surface area contributed by atoms with Gasteiger partial charge in [0.15, 0.2) is 5.79 Å². The van der Waals surface area contributed by atoms with Crippen molar-refractivity contribution in [2.24, 2.45) is 0 Å². The molecule has 1 saturated heterocycles. The number of aromatic nitrogens is 4. The van der Waals surface area contributed by atoms with Crippen molar-refractivity contribution in [1.82, 2.24) is 20.0 Å². The van der Waals surface area contributed by atoms with Crippen LogP contribution in [0.4, 0.5) is 0 Å². The Hall–Kier alpha value is -1.87. The van der Waals surface area contributed by atoms with Crippen molar-refractivity contribution in [1.29, 1.82) is 0 Å². The highest BCUT2D eigenvalue weighted by molar-refractivity contribution is 5.57. The molecular formula is C17H24N4O4. The topological polar surface area (TPSA) is 103 Å². The fourth-order valence-corrected chi connectivity index (χ4v) is 2.58. The zero-order chi connectivity index (χ0) is 18.2. The molecule has 2 N–H and O–H groups in total. The second kappa shape index (κ2) is 6.45. The van der Waals surface area contributed by atoms with E-state index in [1.807, 2.05) is 13.8 Å². The lowest BCUT2D eigenvalue weighted by Crippen LogP contribution is -2.29. The molecule has 2 atom stereocenters. The highest BCUT2D eigenvalue weighted by Gasteiger charge is 2.33. The molecule has 136 valence electrons. The van der Waals surface area contributed by atoms with Gasteiger partial charge in [-0.25, -0.2) is 4.68 Å². The molecule has 3 rings (SSSR count). The Morgan fingerprint density at radius 3 is 2.72 bits per heavy atom. The maximum atomic E-state index is 10.3. The van der Waals surface area contributed by atoms with Gasteiger partial charge < -0.3 is 19.7 Å². The van der Waals surface area contributed by atoms with Crippen LogP contribution in [0.2, 0.25) is 0 Å². The maximum Gasteiger partial charge on any atom is 0.162 e. The van der Waals surface area contributed by atoms with Gasteiger partial charge in [0.25, 0.3) is 0 Å². The summed E-state index contributed by atoms with van der Waals surface area (Å²) in [6.45, 7) is 7.40. The standard InChI is InChI=1S/C17H24N4O4/c1-16(2,23)15-7-11(5-6-18-15)12-8-21(20-19-12)13-9-24-17(3,4)25-10-14(13)22/h5-8,13-14,22-23H,9-10H2,1-4H3/t13-,14-/m1/s1. The van der Waals surface area contributed by atoms with Crippen LogP contribution in [0.1, 0.15) is 39.4 Å². The quantitative estimate of drug-likeness (QED) is 0.860. The second-order valence-corrected chi connectivity index (χ2v) is 7.23. The predicted octanol–water partition coefficient (Wildman–Crippen LogP) is 1.25. The fourth-order valence-electron chi connectivity index (χ4n) is 2.58. The first-order chi connectivity index (χ1) is 11.7. The van der Waals surface area contributed by atoms with Crippen LogP contribution in [0.25, 0.3) is 11.3 Å². The SMILES string of the molecule is CC1(C)OC[C@@H](O)[C@H](n2cc(-c3ccnc(C(C)(C)O)c3)nn2)CO1. The summed E-state index contributed by atoms with van der Waals surface area (Å²) in [5.41, 5.74) is 0.927. The Morgan fingerprint density at radius 1 is 1.28 bits per heavy atom. The third kappa shape index (κ3) is 4.04. The molecule has 3 heterocycles. The lowest BCUT2D eigenvalue weighted by atomic mass is 10.0. The highest BCUT2D eigenvalue weighted by atomic mass is 16.7. The first-order valence-electron chi connectivity index (χ1n) is 8.23. The molecule has 0 aliphatic carbocycles. The van der Waals surface area contributed by atoms with Gasteiger partial charge in [0.05, 0.1) is 25.1 Å². The summed E-state index contributed by atoms with van der Waals surface area (Å²) >= 11 is 0. The molecule has 0 bridgehead atoms. The largest absolute Gasteiger partial charge is 0.388 e. The number of aliphatic hydroxyl groups is 2. The summed E-state index contributed by atoms with van der Waals surface area (Å²) in [6.07, 6.45) is 2.63. The van der Waals surface area contributed by atoms with Gasteiger partial charge in [0.2, 0.25) is 0 Å². The summed E-state index contributed by atoms with van der Waals surface area (Å²) in [5.74, 6) is -0.744. The zero-order valence-electron chi connectivity index (χ0n) is 14.9. The monoisotopic (exact) mass is 348 g/mol. The molecule has 1 fully saturated rings. The van der Waals surface area contributed by atoms with Crippen molar-refractivity contribution < 1.29 is 19.7 Å². The number of hydrogen-bond acceptors (Lipinski definition) is 7. The average Bonchev–Trinajstić information content (AvgIpc) is 2.97. The Morgan fingerprint density at radius 2 is 2.00 bits per heavy atom. The van der Waals surface area contributed by atoms with E-state index in [1.165, 1.54) is 0 Å². The minimum absolute atomic E-state index is 0.158. The molecule has 1 aliphatic rings. The molecule has 25 heavy (non-hydrogen) atoms.